The number of carbonyl (C=O) groups excluding carboxylic acids is 1. The first-order valence-electron chi connectivity index (χ1n) is 6.78. The Kier molecular flexibility index (Phi) is 5.02. The Bertz CT molecular complexity index is 599. The number of nitrogens with one attached hydrogen (secondary N) is 1. The van der Waals surface area contributed by atoms with Gasteiger partial charge in [-0.05, 0) is 24.2 Å². The number of non-ortho nitro benzene ring substituents is 1. The van der Waals surface area contributed by atoms with E-state index in [9.17, 15) is 24.8 Å². The molecule has 22 heavy (non-hydrogen) atoms. The van der Waals surface area contributed by atoms with Crippen molar-refractivity contribution in [3.8, 4) is 0 Å². The van der Waals surface area contributed by atoms with Crippen molar-refractivity contribution < 1.29 is 19.6 Å². The standard InChI is InChI=1S/C14H16N2O5S/c17-12(15-14(13(18)19)6-7-22-9-14)5-4-10-2-1-3-11(8-10)16(20)21/h1-3,8H,4-7,9H2,(H,15,17)(H,18,19). The second kappa shape index (κ2) is 6.78. The number of benzene rings is 1. The Hall–Kier alpha value is -2.09. The molecule has 2 rings (SSSR count). The lowest BCUT2D eigenvalue weighted by atomic mass is 9.98. The summed E-state index contributed by atoms with van der Waals surface area (Å²) < 4.78 is 0. The topological polar surface area (TPSA) is 110 Å². The van der Waals surface area contributed by atoms with Crippen LogP contribution in [0.5, 0.6) is 0 Å². The van der Waals surface area contributed by atoms with Crippen LogP contribution in [0.2, 0.25) is 0 Å². The van der Waals surface area contributed by atoms with Crippen LogP contribution in [-0.2, 0) is 16.0 Å². The molecular weight excluding hydrogens is 308 g/mol. The summed E-state index contributed by atoms with van der Waals surface area (Å²) in [5, 5.41) is 22.6. The molecule has 1 saturated heterocycles. The van der Waals surface area contributed by atoms with E-state index in [1.807, 2.05) is 0 Å². The van der Waals surface area contributed by atoms with Crippen molar-refractivity contribution in [2.75, 3.05) is 11.5 Å². The summed E-state index contributed by atoms with van der Waals surface area (Å²) >= 11 is 1.50. The smallest absolute Gasteiger partial charge is 0.330 e. The highest BCUT2D eigenvalue weighted by Gasteiger charge is 2.43. The monoisotopic (exact) mass is 324 g/mol. The summed E-state index contributed by atoms with van der Waals surface area (Å²) in [5.41, 5.74) is -0.522. The zero-order valence-electron chi connectivity index (χ0n) is 11.8. The third-order valence-electron chi connectivity index (χ3n) is 3.57. The molecule has 1 aliphatic rings. The Morgan fingerprint density at radius 3 is 2.82 bits per heavy atom. The maximum atomic E-state index is 12.0. The van der Waals surface area contributed by atoms with Crippen LogP contribution in [0.15, 0.2) is 24.3 Å². The zero-order valence-corrected chi connectivity index (χ0v) is 12.6. The van der Waals surface area contributed by atoms with Crippen LogP contribution in [0, 0.1) is 10.1 Å². The highest BCUT2D eigenvalue weighted by molar-refractivity contribution is 7.99. The summed E-state index contributed by atoms with van der Waals surface area (Å²) in [4.78, 5) is 33.5. The van der Waals surface area contributed by atoms with Gasteiger partial charge >= 0.3 is 5.97 Å². The van der Waals surface area contributed by atoms with E-state index in [0.29, 0.717) is 29.9 Å². The normalized spacial score (nSPS) is 20.5. The second-order valence-corrected chi connectivity index (χ2v) is 6.27. The first kappa shape index (κ1) is 16.3. The highest BCUT2D eigenvalue weighted by Crippen LogP contribution is 2.28. The number of nitrogens with zero attached hydrogens (tertiary/aromatic N) is 1. The Balaban J connectivity index is 1.94. The number of rotatable bonds is 6. The van der Waals surface area contributed by atoms with E-state index >= 15 is 0 Å². The fraction of sp³-hybridized carbons (Fsp3) is 0.429. The zero-order chi connectivity index (χ0) is 16.2. The number of carbonyl (C=O) groups is 2. The van der Waals surface area contributed by atoms with Gasteiger partial charge in [-0.25, -0.2) is 4.79 Å². The number of amides is 1. The molecule has 1 atom stereocenters. The van der Waals surface area contributed by atoms with E-state index in [1.165, 1.54) is 23.9 Å². The molecule has 1 aromatic carbocycles. The van der Waals surface area contributed by atoms with Crippen molar-refractivity contribution >= 4 is 29.3 Å². The van der Waals surface area contributed by atoms with Crippen LogP contribution >= 0.6 is 11.8 Å². The fourth-order valence-electron chi connectivity index (χ4n) is 2.30. The van der Waals surface area contributed by atoms with Gasteiger partial charge in [0.15, 0.2) is 0 Å². The summed E-state index contributed by atoms with van der Waals surface area (Å²) in [6, 6.07) is 6.08. The lowest BCUT2D eigenvalue weighted by molar-refractivity contribution is -0.384. The van der Waals surface area contributed by atoms with Gasteiger partial charge in [0, 0.05) is 24.3 Å². The molecule has 1 aliphatic heterocycles. The fourth-order valence-corrected chi connectivity index (χ4v) is 3.62. The number of carboxylic acid groups (broad SMARTS) is 1. The van der Waals surface area contributed by atoms with Gasteiger partial charge in [0.25, 0.3) is 5.69 Å². The number of nitro benzene ring substituents is 1. The minimum atomic E-state index is -1.18. The average Bonchev–Trinajstić information content (AvgIpc) is 2.95. The van der Waals surface area contributed by atoms with Crippen LogP contribution in [0.25, 0.3) is 0 Å². The predicted molar refractivity (Wildman–Crippen MR) is 81.9 cm³/mol. The van der Waals surface area contributed by atoms with E-state index < -0.39 is 16.4 Å². The third-order valence-corrected chi connectivity index (χ3v) is 4.76. The van der Waals surface area contributed by atoms with Crippen molar-refractivity contribution in [2.24, 2.45) is 0 Å². The number of thioether (sulfide) groups is 1. The first-order valence-corrected chi connectivity index (χ1v) is 7.94. The Labute approximate surface area is 131 Å². The first-order chi connectivity index (χ1) is 10.4. The van der Waals surface area contributed by atoms with Crippen molar-refractivity contribution in [1.29, 1.82) is 0 Å². The van der Waals surface area contributed by atoms with E-state index in [-0.39, 0.29) is 18.0 Å². The number of carboxylic acids is 1. The molecule has 0 radical (unpaired) electrons. The van der Waals surface area contributed by atoms with Gasteiger partial charge in [-0.15, -0.1) is 0 Å². The Morgan fingerprint density at radius 1 is 1.45 bits per heavy atom. The SMILES string of the molecule is O=C(CCc1cccc([N+](=O)[O-])c1)NC1(C(=O)O)CCSC1. The molecule has 2 N–H and O–H groups in total. The molecular formula is C14H16N2O5S. The van der Waals surface area contributed by atoms with Crippen LogP contribution in [0.1, 0.15) is 18.4 Å². The van der Waals surface area contributed by atoms with Crippen molar-refractivity contribution in [2.45, 2.75) is 24.8 Å². The highest BCUT2D eigenvalue weighted by atomic mass is 32.2. The second-order valence-electron chi connectivity index (χ2n) is 5.17. The number of nitro groups is 1. The molecule has 1 fully saturated rings. The predicted octanol–water partition coefficient (Wildman–Crippen LogP) is 1.60. The Morgan fingerprint density at radius 2 is 2.23 bits per heavy atom. The molecule has 0 saturated carbocycles. The van der Waals surface area contributed by atoms with Gasteiger partial charge < -0.3 is 10.4 Å². The number of aliphatic carboxylic acids is 1. The quantitative estimate of drug-likeness (QED) is 0.607. The maximum absolute atomic E-state index is 12.0. The van der Waals surface area contributed by atoms with E-state index in [2.05, 4.69) is 5.32 Å². The molecule has 1 amide bonds. The summed E-state index contributed by atoms with van der Waals surface area (Å²) in [6.45, 7) is 0. The van der Waals surface area contributed by atoms with E-state index in [0.717, 1.165) is 0 Å². The van der Waals surface area contributed by atoms with Gasteiger partial charge in [0.05, 0.1) is 4.92 Å². The molecule has 1 heterocycles. The number of hydrogen-bond donors (Lipinski definition) is 2. The lowest BCUT2D eigenvalue weighted by Gasteiger charge is -2.24. The maximum Gasteiger partial charge on any atom is 0.330 e. The summed E-state index contributed by atoms with van der Waals surface area (Å²) in [6.07, 6.45) is 0.840. The van der Waals surface area contributed by atoms with Crippen molar-refractivity contribution in [3.05, 3.63) is 39.9 Å². The molecule has 1 aromatic rings. The molecule has 0 aliphatic carbocycles. The molecule has 1 unspecified atom stereocenters. The molecule has 0 aromatic heterocycles. The van der Waals surface area contributed by atoms with E-state index in [1.54, 1.807) is 12.1 Å². The third kappa shape index (κ3) is 3.76. The van der Waals surface area contributed by atoms with Gasteiger partial charge in [-0.2, -0.15) is 11.8 Å². The molecule has 118 valence electrons. The van der Waals surface area contributed by atoms with Crippen LogP contribution in [-0.4, -0.2) is 39.0 Å². The largest absolute Gasteiger partial charge is 0.479 e. The van der Waals surface area contributed by atoms with Gasteiger partial charge in [-0.1, -0.05) is 12.1 Å². The van der Waals surface area contributed by atoms with Gasteiger partial charge in [0.1, 0.15) is 5.54 Å². The molecule has 8 heteroatoms. The minimum absolute atomic E-state index is 0.0212. The summed E-state index contributed by atoms with van der Waals surface area (Å²) in [5.74, 6) is -0.292. The minimum Gasteiger partial charge on any atom is -0.479 e. The average molecular weight is 324 g/mol. The van der Waals surface area contributed by atoms with Crippen LogP contribution in [0.4, 0.5) is 5.69 Å². The molecule has 7 nitrogen and oxygen atoms in total. The van der Waals surface area contributed by atoms with Crippen LogP contribution < -0.4 is 5.32 Å². The van der Waals surface area contributed by atoms with Crippen molar-refractivity contribution in [1.82, 2.24) is 5.32 Å². The van der Waals surface area contributed by atoms with E-state index in [4.69, 9.17) is 0 Å². The molecule has 0 spiro atoms. The molecule has 0 bridgehead atoms. The van der Waals surface area contributed by atoms with Crippen molar-refractivity contribution in [3.63, 3.8) is 0 Å². The van der Waals surface area contributed by atoms with Crippen LogP contribution in [0.3, 0.4) is 0 Å². The number of aryl methyl sites for hydroxylation is 1. The summed E-state index contributed by atoms with van der Waals surface area (Å²) in [7, 11) is 0. The lowest BCUT2D eigenvalue weighted by Crippen LogP contribution is -2.54. The van der Waals surface area contributed by atoms with Gasteiger partial charge in [0.2, 0.25) is 5.91 Å². The number of hydrogen-bond acceptors (Lipinski definition) is 5. The van der Waals surface area contributed by atoms with Gasteiger partial charge in [-0.3, -0.25) is 14.9 Å².